The maximum absolute atomic E-state index is 4.89. The number of benzene rings is 6. The second kappa shape index (κ2) is 12.2. The molecule has 0 aliphatic heterocycles. The van der Waals surface area contributed by atoms with Gasteiger partial charge in [-0.25, -0.2) is 24.9 Å². The molecule has 0 fully saturated rings. The minimum absolute atomic E-state index is 0.638. The molecule has 0 saturated carbocycles. The molecule has 2 heterocycles. The van der Waals surface area contributed by atoms with Crippen LogP contribution in [0.3, 0.4) is 0 Å². The Hall–Kier alpha value is -6.59. The highest BCUT2D eigenvalue weighted by Gasteiger charge is 2.26. The Morgan fingerprint density at radius 2 is 0.796 bits per heavy atom. The van der Waals surface area contributed by atoms with Gasteiger partial charge in [-0.1, -0.05) is 152 Å². The lowest BCUT2D eigenvalue weighted by atomic mass is 9.95. The topological polar surface area (TPSA) is 64.5 Å². The van der Waals surface area contributed by atoms with Crippen LogP contribution in [0.15, 0.2) is 164 Å². The molecule has 49 heavy (non-hydrogen) atoms. The number of hydrogen-bond donors (Lipinski definition) is 0. The van der Waals surface area contributed by atoms with Crippen LogP contribution in [-0.2, 0) is 6.42 Å². The van der Waals surface area contributed by atoms with Gasteiger partial charge in [-0.3, -0.25) is 0 Å². The van der Waals surface area contributed by atoms with Crippen LogP contribution in [0.25, 0.3) is 78.9 Å². The van der Waals surface area contributed by atoms with E-state index in [1.807, 2.05) is 60.7 Å². The Kier molecular flexibility index (Phi) is 7.13. The number of nitrogens with zero attached hydrogens (tertiary/aromatic N) is 5. The zero-order valence-electron chi connectivity index (χ0n) is 26.5. The third kappa shape index (κ3) is 5.37. The molecule has 1 aliphatic rings. The van der Waals surface area contributed by atoms with E-state index in [4.69, 9.17) is 24.9 Å². The molecule has 0 bridgehead atoms. The quantitative estimate of drug-likeness (QED) is 0.184. The van der Waals surface area contributed by atoms with Gasteiger partial charge < -0.3 is 0 Å². The number of aromatic nitrogens is 5. The Labute approximate surface area is 284 Å². The highest BCUT2D eigenvalue weighted by molar-refractivity contribution is 5.87. The van der Waals surface area contributed by atoms with E-state index in [-0.39, 0.29) is 0 Å². The largest absolute Gasteiger partial charge is 0.236 e. The Morgan fingerprint density at radius 1 is 0.327 bits per heavy atom. The first kappa shape index (κ1) is 28.6. The smallest absolute Gasteiger partial charge is 0.164 e. The lowest BCUT2D eigenvalue weighted by molar-refractivity contribution is 1.07. The van der Waals surface area contributed by atoms with E-state index in [0.717, 1.165) is 51.2 Å². The summed E-state index contributed by atoms with van der Waals surface area (Å²) in [6.45, 7) is 0. The Balaban J connectivity index is 1.05. The summed E-state index contributed by atoms with van der Waals surface area (Å²) in [6.07, 6.45) is 2.49. The number of hydrogen-bond acceptors (Lipinski definition) is 5. The van der Waals surface area contributed by atoms with E-state index in [9.17, 15) is 0 Å². The van der Waals surface area contributed by atoms with Crippen LogP contribution in [0.2, 0.25) is 0 Å². The van der Waals surface area contributed by atoms with Crippen LogP contribution in [0.1, 0.15) is 11.1 Å². The molecule has 0 radical (unpaired) electrons. The van der Waals surface area contributed by atoms with Crippen molar-refractivity contribution >= 4 is 0 Å². The second-order valence-electron chi connectivity index (χ2n) is 12.1. The summed E-state index contributed by atoms with van der Waals surface area (Å²) < 4.78 is 0. The molecule has 0 N–H and O–H groups in total. The fourth-order valence-corrected chi connectivity index (χ4v) is 6.72. The third-order valence-electron chi connectivity index (χ3n) is 9.13. The van der Waals surface area contributed by atoms with E-state index in [1.165, 1.54) is 27.8 Å². The molecule has 8 aromatic rings. The van der Waals surface area contributed by atoms with Crippen LogP contribution in [-0.4, -0.2) is 24.9 Å². The first-order valence-corrected chi connectivity index (χ1v) is 16.4. The third-order valence-corrected chi connectivity index (χ3v) is 9.13. The minimum Gasteiger partial charge on any atom is -0.236 e. The summed E-state index contributed by atoms with van der Waals surface area (Å²) >= 11 is 0. The Morgan fingerprint density at radius 3 is 1.43 bits per heavy atom. The highest BCUT2D eigenvalue weighted by atomic mass is 15.0. The summed E-state index contributed by atoms with van der Waals surface area (Å²) in [7, 11) is 0. The molecule has 0 unspecified atom stereocenters. The molecule has 0 saturated heterocycles. The van der Waals surface area contributed by atoms with Crippen molar-refractivity contribution in [3.8, 4) is 78.9 Å². The summed E-state index contributed by atoms with van der Waals surface area (Å²) in [5, 5.41) is 0. The zero-order chi connectivity index (χ0) is 32.6. The average Bonchev–Trinajstić information content (AvgIpc) is 3.58. The zero-order valence-corrected chi connectivity index (χ0v) is 26.5. The maximum atomic E-state index is 4.89. The lowest BCUT2D eigenvalue weighted by Gasteiger charge is -2.10. The van der Waals surface area contributed by atoms with E-state index < -0.39 is 0 Å². The lowest BCUT2D eigenvalue weighted by Crippen LogP contribution is -2.00. The molecule has 5 nitrogen and oxygen atoms in total. The van der Waals surface area contributed by atoms with Crippen molar-refractivity contribution in [3.05, 3.63) is 175 Å². The summed E-state index contributed by atoms with van der Waals surface area (Å²) in [5.74, 6) is 1.94. The van der Waals surface area contributed by atoms with E-state index >= 15 is 0 Å². The fraction of sp³-hybridized carbons (Fsp3) is 0.0227. The van der Waals surface area contributed by atoms with Gasteiger partial charge in [-0.15, -0.1) is 0 Å². The number of rotatable bonds is 6. The van der Waals surface area contributed by atoms with Gasteiger partial charge in [0, 0.05) is 39.8 Å². The van der Waals surface area contributed by atoms with Crippen molar-refractivity contribution < 1.29 is 0 Å². The van der Waals surface area contributed by atoms with Crippen molar-refractivity contribution in [2.24, 2.45) is 0 Å². The molecule has 0 spiro atoms. The Bertz CT molecular complexity index is 2380. The van der Waals surface area contributed by atoms with Crippen LogP contribution >= 0.6 is 0 Å². The molecule has 5 heteroatoms. The van der Waals surface area contributed by atoms with Gasteiger partial charge in [0.2, 0.25) is 0 Å². The van der Waals surface area contributed by atoms with Gasteiger partial charge in [0.1, 0.15) is 6.33 Å². The SMILES string of the molecule is c1ccc(-c2nc(-c3ccccc3)nc(-c3ccc(-c4cccc(-c5ncnc6c5Cc5c(-c7ccccc7)cccc5-6)c4)cc3)n2)cc1. The van der Waals surface area contributed by atoms with Crippen LogP contribution in [0.4, 0.5) is 0 Å². The summed E-state index contributed by atoms with van der Waals surface area (Å²) in [4.78, 5) is 24.2. The number of fused-ring (bicyclic) bond motifs is 3. The predicted octanol–water partition coefficient (Wildman–Crippen LogP) is 10.2. The van der Waals surface area contributed by atoms with Crippen LogP contribution in [0.5, 0.6) is 0 Å². The first-order chi connectivity index (χ1) is 24.3. The van der Waals surface area contributed by atoms with E-state index in [2.05, 4.69) is 97.1 Å². The molecular formula is C44H29N5. The molecule has 1 aliphatic carbocycles. The molecule has 230 valence electrons. The highest BCUT2D eigenvalue weighted by Crippen LogP contribution is 2.43. The van der Waals surface area contributed by atoms with Crippen molar-refractivity contribution in [1.82, 2.24) is 24.9 Å². The van der Waals surface area contributed by atoms with Crippen molar-refractivity contribution in [2.45, 2.75) is 6.42 Å². The molecule has 2 aromatic heterocycles. The molecule has 6 aromatic carbocycles. The molecule has 0 atom stereocenters. The van der Waals surface area contributed by atoms with Gasteiger partial charge in [-0.05, 0) is 33.9 Å². The van der Waals surface area contributed by atoms with E-state index in [0.29, 0.717) is 17.5 Å². The van der Waals surface area contributed by atoms with Gasteiger partial charge in [0.25, 0.3) is 0 Å². The monoisotopic (exact) mass is 627 g/mol. The van der Waals surface area contributed by atoms with Gasteiger partial charge >= 0.3 is 0 Å². The first-order valence-electron chi connectivity index (χ1n) is 16.4. The summed E-state index contributed by atoms with van der Waals surface area (Å²) in [5.41, 5.74) is 14.3. The van der Waals surface area contributed by atoms with Gasteiger partial charge in [0.15, 0.2) is 17.5 Å². The standard InChI is InChI=1S/C44H29N5/c1-4-12-30(13-5-1)36-20-11-21-37-38(36)27-39-40(45-28-46-41(37)39)35-19-10-18-34(26-35)29-22-24-33(25-23-29)44-48-42(31-14-6-2-7-15-31)47-43(49-44)32-16-8-3-9-17-32/h1-26,28H,27H2. The second-order valence-corrected chi connectivity index (χ2v) is 12.1. The van der Waals surface area contributed by atoms with Crippen molar-refractivity contribution in [1.29, 1.82) is 0 Å². The molecule has 9 rings (SSSR count). The van der Waals surface area contributed by atoms with Crippen molar-refractivity contribution in [2.75, 3.05) is 0 Å². The minimum atomic E-state index is 0.638. The fourth-order valence-electron chi connectivity index (χ4n) is 6.72. The van der Waals surface area contributed by atoms with Crippen LogP contribution < -0.4 is 0 Å². The van der Waals surface area contributed by atoms with Crippen LogP contribution in [0, 0.1) is 0 Å². The molecular weight excluding hydrogens is 599 g/mol. The predicted molar refractivity (Wildman–Crippen MR) is 196 cm³/mol. The van der Waals surface area contributed by atoms with Gasteiger partial charge in [0.05, 0.1) is 11.4 Å². The maximum Gasteiger partial charge on any atom is 0.164 e. The van der Waals surface area contributed by atoms with E-state index in [1.54, 1.807) is 6.33 Å². The van der Waals surface area contributed by atoms with Crippen molar-refractivity contribution in [3.63, 3.8) is 0 Å². The molecule has 0 amide bonds. The van der Waals surface area contributed by atoms with Gasteiger partial charge in [-0.2, -0.15) is 0 Å². The normalized spacial score (nSPS) is 11.6. The summed E-state index contributed by atoms with van der Waals surface area (Å²) in [6, 6.07) is 54.3. The average molecular weight is 628 g/mol.